The van der Waals surface area contributed by atoms with E-state index < -0.39 is 38.2 Å². The number of aliphatic hydroxyl groups is 2. The van der Waals surface area contributed by atoms with E-state index in [2.05, 4.69) is 0 Å². The Bertz CT molecular complexity index is 285. The van der Waals surface area contributed by atoms with Gasteiger partial charge in [-0.2, -0.15) is 0 Å². The molecule has 1 aliphatic heterocycles. The highest BCUT2D eigenvalue weighted by atomic mass is 31.1. The highest BCUT2D eigenvalue weighted by molar-refractivity contribution is 7.32. The fourth-order valence-corrected chi connectivity index (χ4v) is 2.80. The summed E-state index contributed by atoms with van der Waals surface area (Å²) in [6.45, 7) is 3.49. The summed E-state index contributed by atoms with van der Waals surface area (Å²) in [7, 11) is 2.65. The van der Waals surface area contributed by atoms with Crippen molar-refractivity contribution in [2.75, 3.05) is 0 Å². The third-order valence-corrected chi connectivity index (χ3v) is 3.80. The summed E-state index contributed by atoms with van der Waals surface area (Å²) >= 11 is 0. The predicted octanol–water partition coefficient (Wildman–Crippen LogP) is -0.173. The van der Waals surface area contributed by atoms with Gasteiger partial charge in [0.1, 0.15) is 20.1 Å². The summed E-state index contributed by atoms with van der Waals surface area (Å²) in [4.78, 5) is 8.88. The molecular formula is C9H17BO6P+. The first kappa shape index (κ1) is 15.0. The van der Waals surface area contributed by atoms with Gasteiger partial charge in [0.05, 0.1) is 6.10 Å². The van der Waals surface area contributed by atoms with Gasteiger partial charge in [-0.15, -0.1) is 9.42 Å². The van der Waals surface area contributed by atoms with Crippen LogP contribution in [0.4, 0.5) is 0 Å². The molecule has 0 amide bonds. The van der Waals surface area contributed by atoms with Crippen molar-refractivity contribution in [1.29, 1.82) is 0 Å². The third kappa shape index (κ3) is 2.87. The average Bonchev–Trinajstić information content (AvgIpc) is 2.54. The molecule has 2 unspecified atom stereocenters. The van der Waals surface area contributed by atoms with Crippen LogP contribution in [0.3, 0.4) is 0 Å². The van der Waals surface area contributed by atoms with E-state index in [9.17, 15) is 14.8 Å². The number of ether oxygens (including phenoxy) is 1. The molecule has 0 aromatic carbocycles. The zero-order chi connectivity index (χ0) is 13.2. The maximum Gasteiger partial charge on any atom is 0.695 e. The average molecular weight is 263 g/mol. The van der Waals surface area contributed by atoms with Crippen LogP contribution >= 0.6 is 8.25 Å². The molecule has 2 radical (unpaired) electrons. The summed E-state index contributed by atoms with van der Waals surface area (Å²) in [6, 6.07) is -1.02. The Morgan fingerprint density at radius 3 is 2.18 bits per heavy atom. The van der Waals surface area contributed by atoms with E-state index in [1.165, 1.54) is 0 Å². The predicted molar refractivity (Wildman–Crippen MR) is 60.7 cm³/mol. The summed E-state index contributed by atoms with van der Waals surface area (Å²) in [5.74, 6) is 0. The molecule has 1 rings (SSSR count). The fourth-order valence-electron chi connectivity index (χ4n) is 2.13. The van der Waals surface area contributed by atoms with Crippen molar-refractivity contribution in [2.24, 2.45) is 0 Å². The number of hydrogen-bond donors (Lipinski definition) is 3. The molecule has 17 heavy (non-hydrogen) atoms. The molecule has 3 N–H and O–H groups in total. The van der Waals surface area contributed by atoms with Crippen molar-refractivity contribution in [3.8, 4) is 0 Å². The summed E-state index contributed by atoms with van der Waals surface area (Å²) in [5, 5.41) is 19.4. The first-order valence-electron chi connectivity index (χ1n) is 5.50. The summed E-state index contributed by atoms with van der Waals surface area (Å²) in [6.07, 6.45) is -2.68. The first-order chi connectivity index (χ1) is 7.88. The quantitative estimate of drug-likeness (QED) is 0.470. The molecule has 5 atom stereocenters. The molecule has 6 nitrogen and oxygen atoms in total. The van der Waals surface area contributed by atoms with Crippen LogP contribution in [0.5, 0.6) is 0 Å². The molecule has 0 spiro atoms. The monoisotopic (exact) mass is 263 g/mol. The van der Waals surface area contributed by atoms with Gasteiger partial charge in [0, 0.05) is 10.6 Å². The second kappa shape index (κ2) is 5.74. The normalized spacial score (nSPS) is 35.0. The van der Waals surface area contributed by atoms with Gasteiger partial charge >= 0.3 is 8.25 Å². The van der Waals surface area contributed by atoms with Gasteiger partial charge in [-0.25, -0.2) is 0 Å². The van der Waals surface area contributed by atoms with Gasteiger partial charge in [0.25, 0.3) is 0 Å². The van der Waals surface area contributed by atoms with E-state index >= 15 is 0 Å². The van der Waals surface area contributed by atoms with E-state index in [1.807, 2.05) is 0 Å². The van der Waals surface area contributed by atoms with E-state index in [0.717, 1.165) is 0 Å². The second-order valence-electron chi connectivity index (χ2n) is 4.10. The lowest BCUT2D eigenvalue weighted by molar-refractivity contribution is -0.111. The molecule has 0 aromatic heterocycles. The SMILES string of the molecule is [B][C@@H]1O[C@H](C(CC)(CC)O[P+](=O)O)C(O)[C@@H]1O. The Balaban J connectivity index is 2.95. The highest BCUT2D eigenvalue weighted by Crippen LogP contribution is 2.40. The molecule has 0 saturated carbocycles. The third-order valence-electron chi connectivity index (χ3n) is 3.28. The minimum atomic E-state index is -2.83. The standard InChI is InChI=1S/C9H16BO6P/c1-3-9(4-2,16-17(13)14)7-5(11)6(12)8(10)15-7/h5-8,11-12H,3-4H2,1-2H3/p+1/t5?,6-,7-,8+/m0/s1. The van der Waals surface area contributed by atoms with Crippen molar-refractivity contribution in [3.63, 3.8) is 0 Å². The van der Waals surface area contributed by atoms with Gasteiger partial charge in [0.2, 0.25) is 0 Å². The lowest BCUT2D eigenvalue weighted by Gasteiger charge is -2.32. The fraction of sp³-hybridized carbons (Fsp3) is 1.00. The molecule has 0 aliphatic carbocycles. The first-order valence-corrected chi connectivity index (χ1v) is 6.63. The van der Waals surface area contributed by atoms with E-state index in [1.54, 1.807) is 13.8 Å². The van der Waals surface area contributed by atoms with Gasteiger partial charge in [0.15, 0.2) is 5.60 Å². The summed E-state index contributed by atoms with van der Waals surface area (Å²) < 4.78 is 21.1. The molecule has 8 heteroatoms. The minimum Gasteiger partial charge on any atom is -0.388 e. The van der Waals surface area contributed by atoms with Crippen LogP contribution in [-0.2, 0) is 13.8 Å². The Morgan fingerprint density at radius 1 is 1.35 bits per heavy atom. The molecule has 1 aliphatic rings. The van der Waals surface area contributed by atoms with Crippen molar-refractivity contribution in [3.05, 3.63) is 0 Å². The van der Waals surface area contributed by atoms with Crippen molar-refractivity contribution < 1.29 is 28.9 Å². The van der Waals surface area contributed by atoms with Gasteiger partial charge in [-0.1, -0.05) is 13.8 Å². The lowest BCUT2D eigenvalue weighted by atomic mass is 9.85. The zero-order valence-corrected chi connectivity index (χ0v) is 10.7. The van der Waals surface area contributed by atoms with Crippen LogP contribution < -0.4 is 0 Å². The van der Waals surface area contributed by atoms with E-state index in [0.29, 0.717) is 12.8 Å². The number of rotatable bonds is 5. The Kier molecular flexibility index (Phi) is 5.07. The van der Waals surface area contributed by atoms with Gasteiger partial charge in [-0.05, 0) is 12.8 Å². The molecular weight excluding hydrogens is 246 g/mol. The lowest BCUT2D eigenvalue weighted by Crippen LogP contribution is -2.49. The molecule has 1 heterocycles. The Hall–Kier alpha value is -0.0351. The van der Waals surface area contributed by atoms with Crippen molar-refractivity contribution in [1.82, 2.24) is 0 Å². The van der Waals surface area contributed by atoms with Crippen LogP contribution in [-0.4, -0.2) is 52.9 Å². The maximum atomic E-state index is 10.9. The number of aliphatic hydroxyl groups excluding tert-OH is 2. The van der Waals surface area contributed by atoms with E-state index in [-0.39, 0.29) is 0 Å². The van der Waals surface area contributed by atoms with Crippen LogP contribution in [0.2, 0.25) is 0 Å². The molecule has 0 aromatic rings. The van der Waals surface area contributed by atoms with Gasteiger partial charge in [-0.3, -0.25) is 0 Å². The Morgan fingerprint density at radius 2 is 1.88 bits per heavy atom. The summed E-state index contributed by atoms with van der Waals surface area (Å²) in [5.41, 5.74) is -1.13. The van der Waals surface area contributed by atoms with Crippen LogP contribution in [0.15, 0.2) is 0 Å². The molecule has 1 saturated heterocycles. The van der Waals surface area contributed by atoms with Crippen molar-refractivity contribution in [2.45, 2.75) is 56.6 Å². The molecule has 1 fully saturated rings. The van der Waals surface area contributed by atoms with E-state index in [4.69, 9.17) is 22.0 Å². The van der Waals surface area contributed by atoms with Gasteiger partial charge < -0.3 is 14.9 Å². The molecule has 96 valence electrons. The maximum absolute atomic E-state index is 10.9. The highest BCUT2D eigenvalue weighted by Gasteiger charge is 2.55. The molecule has 0 bridgehead atoms. The topological polar surface area (TPSA) is 96.2 Å². The minimum absolute atomic E-state index is 0.353. The largest absolute Gasteiger partial charge is 0.695 e. The Labute approximate surface area is 102 Å². The second-order valence-corrected chi connectivity index (χ2v) is 4.76. The van der Waals surface area contributed by atoms with Crippen LogP contribution in [0, 0.1) is 0 Å². The van der Waals surface area contributed by atoms with Crippen molar-refractivity contribution >= 4 is 16.1 Å². The smallest absolute Gasteiger partial charge is 0.388 e. The van der Waals surface area contributed by atoms with Crippen LogP contribution in [0.25, 0.3) is 0 Å². The zero-order valence-electron chi connectivity index (χ0n) is 9.81. The number of hydrogen-bond acceptors (Lipinski definition) is 5. The van der Waals surface area contributed by atoms with Crippen LogP contribution in [0.1, 0.15) is 26.7 Å².